The molecule has 0 aliphatic rings. The number of phosphoric ester groups is 1. The molecule has 0 radical (unpaired) electrons. The largest absolute Gasteiger partial charge is 0.472 e. The van der Waals surface area contributed by atoms with Crippen LogP contribution in [0.1, 0.15) is 168 Å². The molecule has 53 heavy (non-hydrogen) atoms. The molecule has 0 aliphatic carbocycles. The van der Waals surface area contributed by atoms with Gasteiger partial charge < -0.3 is 18.9 Å². The Balaban J connectivity index is 4.30. The number of hydrogen-bond donors (Lipinski definition) is 1. The third kappa shape index (κ3) is 41.5. The minimum atomic E-state index is -4.28. The number of phosphoric acid groups is 1. The molecule has 0 aromatic rings. The average molecular weight is 769 g/mol. The number of unbranched alkanes of at least 4 members (excludes halogenated alkanes) is 17. The van der Waals surface area contributed by atoms with Gasteiger partial charge in [0.1, 0.15) is 19.3 Å². The summed E-state index contributed by atoms with van der Waals surface area (Å²) in [4.78, 5) is 22.9. The zero-order valence-electron chi connectivity index (χ0n) is 35.0. The number of carbonyl (C=O) groups is 1. The number of rotatable bonds is 39. The summed E-state index contributed by atoms with van der Waals surface area (Å²) in [6.45, 7) is 5.48. The lowest BCUT2D eigenvalue weighted by Gasteiger charge is -2.24. The number of ether oxygens (including phenoxy) is 2. The van der Waals surface area contributed by atoms with E-state index in [4.69, 9.17) is 18.5 Å². The highest BCUT2D eigenvalue weighted by molar-refractivity contribution is 7.47. The zero-order valence-corrected chi connectivity index (χ0v) is 35.9. The number of hydrogen-bond acceptors (Lipinski definition) is 6. The van der Waals surface area contributed by atoms with Crippen LogP contribution in [0.3, 0.4) is 0 Å². The van der Waals surface area contributed by atoms with E-state index in [-0.39, 0.29) is 25.8 Å². The molecule has 0 rings (SSSR count). The Morgan fingerprint density at radius 1 is 0.604 bits per heavy atom. The predicted molar refractivity (Wildman–Crippen MR) is 224 cm³/mol. The lowest BCUT2D eigenvalue weighted by atomic mass is 10.0. The molecule has 0 aromatic heterocycles. The maximum atomic E-state index is 12.7. The Morgan fingerprint density at radius 3 is 1.64 bits per heavy atom. The molecule has 1 N–H and O–H groups in total. The molecule has 0 aromatic carbocycles. The molecule has 0 saturated carbocycles. The second-order valence-electron chi connectivity index (χ2n) is 15.3. The molecule has 0 fully saturated rings. The van der Waals surface area contributed by atoms with Crippen molar-refractivity contribution < 1.29 is 37.3 Å². The topological polar surface area (TPSA) is 91.3 Å². The fraction of sp³-hybridized carbons (Fsp3) is 0.795. The van der Waals surface area contributed by atoms with Crippen molar-refractivity contribution in [1.82, 2.24) is 0 Å². The van der Waals surface area contributed by atoms with Gasteiger partial charge in [0.15, 0.2) is 0 Å². The van der Waals surface area contributed by atoms with E-state index in [1.54, 1.807) is 0 Å². The molecule has 0 aliphatic heterocycles. The minimum Gasteiger partial charge on any atom is -0.457 e. The fourth-order valence-electron chi connectivity index (χ4n) is 5.60. The van der Waals surface area contributed by atoms with Crippen molar-refractivity contribution in [2.24, 2.45) is 0 Å². The number of nitrogens with zero attached hydrogens (tertiary/aromatic N) is 1. The minimum absolute atomic E-state index is 0.0830. The standard InChI is InChI=1S/C44H82NO7P/c1-6-8-10-12-14-16-18-20-22-23-24-25-27-29-31-33-35-37-44(46)52-43(42-51-53(47,48)50-40-38-45(3,4)5)41-49-39-36-34-32-30-28-26-21-19-17-15-13-11-9-7-2/h8,10,14,16,20,22,24-25,43H,6-7,9,11-13,15,17-19,21,23,26-42H2,1-5H3/p+1/b10-8-,16-14-,22-20-,25-24-. The van der Waals surface area contributed by atoms with Gasteiger partial charge in [-0.25, -0.2) is 4.57 Å². The van der Waals surface area contributed by atoms with Crippen LogP contribution in [0.25, 0.3) is 0 Å². The van der Waals surface area contributed by atoms with Gasteiger partial charge in [0.2, 0.25) is 0 Å². The Bertz CT molecular complexity index is 989. The van der Waals surface area contributed by atoms with Crippen LogP contribution in [-0.4, -0.2) is 75.6 Å². The van der Waals surface area contributed by atoms with Crippen LogP contribution in [0.4, 0.5) is 0 Å². The van der Waals surface area contributed by atoms with Crippen LogP contribution in [0.15, 0.2) is 48.6 Å². The van der Waals surface area contributed by atoms with Gasteiger partial charge in [0.05, 0.1) is 34.4 Å². The average Bonchev–Trinajstić information content (AvgIpc) is 3.11. The molecular weight excluding hydrogens is 685 g/mol. The van der Waals surface area contributed by atoms with Gasteiger partial charge >= 0.3 is 13.8 Å². The summed E-state index contributed by atoms with van der Waals surface area (Å²) >= 11 is 0. The van der Waals surface area contributed by atoms with Gasteiger partial charge in [-0.3, -0.25) is 13.8 Å². The Hall–Kier alpha value is -1.54. The number of carbonyl (C=O) groups excluding carboxylic acids is 1. The third-order valence-corrected chi connectivity index (χ3v) is 9.89. The number of quaternary nitrogens is 1. The maximum Gasteiger partial charge on any atom is 0.472 e. The molecule has 2 atom stereocenters. The highest BCUT2D eigenvalue weighted by Gasteiger charge is 2.26. The number of likely N-dealkylation sites (N-methyl/N-ethyl adjacent to an activating group) is 1. The van der Waals surface area contributed by atoms with Crippen molar-refractivity contribution in [3.8, 4) is 0 Å². The van der Waals surface area contributed by atoms with Gasteiger partial charge in [0.25, 0.3) is 0 Å². The van der Waals surface area contributed by atoms with E-state index >= 15 is 0 Å². The van der Waals surface area contributed by atoms with E-state index in [0.717, 1.165) is 70.6 Å². The van der Waals surface area contributed by atoms with Crippen LogP contribution >= 0.6 is 7.82 Å². The molecule has 2 unspecified atom stereocenters. The third-order valence-electron chi connectivity index (χ3n) is 8.90. The molecule has 9 heteroatoms. The van der Waals surface area contributed by atoms with E-state index in [1.807, 2.05) is 21.1 Å². The van der Waals surface area contributed by atoms with Crippen molar-refractivity contribution in [3.63, 3.8) is 0 Å². The lowest BCUT2D eigenvalue weighted by molar-refractivity contribution is -0.870. The van der Waals surface area contributed by atoms with Gasteiger partial charge in [-0.05, 0) is 51.4 Å². The summed E-state index contributed by atoms with van der Waals surface area (Å²) in [5, 5.41) is 0. The lowest BCUT2D eigenvalue weighted by Crippen LogP contribution is -2.37. The van der Waals surface area contributed by atoms with Crippen LogP contribution in [0, 0.1) is 0 Å². The predicted octanol–water partition coefficient (Wildman–Crippen LogP) is 12.4. The summed E-state index contributed by atoms with van der Waals surface area (Å²) in [5.74, 6) is -0.337. The summed E-state index contributed by atoms with van der Waals surface area (Å²) in [6.07, 6.45) is 44.2. The first-order valence-electron chi connectivity index (χ1n) is 21.4. The SMILES string of the molecule is CC/C=C\C/C=C\C/C=C\C/C=C\CCCCCCC(=O)OC(COCCCCCCCCCCCCCCCC)COP(=O)(O)OCC[N+](C)(C)C. The van der Waals surface area contributed by atoms with Gasteiger partial charge in [-0.15, -0.1) is 0 Å². The summed E-state index contributed by atoms with van der Waals surface area (Å²) in [5.41, 5.74) is 0. The molecule has 8 nitrogen and oxygen atoms in total. The second kappa shape index (κ2) is 37.4. The van der Waals surface area contributed by atoms with E-state index < -0.39 is 13.9 Å². The second-order valence-corrected chi connectivity index (χ2v) is 16.8. The van der Waals surface area contributed by atoms with Gasteiger partial charge in [0, 0.05) is 13.0 Å². The van der Waals surface area contributed by atoms with Crippen molar-refractivity contribution >= 4 is 13.8 Å². The molecule has 0 amide bonds. The molecule has 310 valence electrons. The van der Waals surface area contributed by atoms with Crippen molar-refractivity contribution in [2.75, 3.05) is 54.1 Å². The number of esters is 1. The molecule has 0 saturated heterocycles. The van der Waals surface area contributed by atoms with Crippen LogP contribution < -0.4 is 0 Å². The van der Waals surface area contributed by atoms with Gasteiger partial charge in [-0.2, -0.15) is 0 Å². The number of allylic oxidation sites excluding steroid dienone is 8. The first kappa shape index (κ1) is 51.5. The highest BCUT2D eigenvalue weighted by atomic mass is 31.2. The summed E-state index contributed by atoms with van der Waals surface area (Å²) in [6, 6.07) is 0. The Labute approximate surface area is 327 Å². The van der Waals surface area contributed by atoms with Gasteiger partial charge in [-0.1, -0.05) is 159 Å². The smallest absolute Gasteiger partial charge is 0.457 e. The normalized spacial score (nSPS) is 14.3. The highest BCUT2D eigenvalue weighted by Crippen LogP contribution is 2.43. The Kier molecular flexibility index (Phi) is 36.3. The Morgan fingerprint density at radius 2 is 1.09 bits per heavy atom. The maximum absolute atomic E-state index is 12.7. The first-order valence-corrected chi connectivity index (χ1v) is 22.9. The monoisotopic (exact) mass is 769 g/mol. The van der Waals surface area contributed by atoms with E-state index in [0.29, 0.717) is 24.1 Å². The first-order chi connectivity index (χ1) is 25.6. The quantitative estimate of drug-likeness (QED) is 0.0219. The van der Waals surface area contributed by atoms with E-state index in [1.165, 1.54) is 77.0 Å². The van der Waals surface area contributed by atoms with Crippen molar-refractivity contribution in [1.29, 1.82) is 0 Å². The molecule has 0 spiro atoms. The van der Waals surface area contributed by atoms with Crippen molar-refractivity contribution in [3.05, 3.63) is 48.6 Å². The molecular formula is C44H83NO7P+. The van der Waals surface area contributed by atoms with Crippen LogP contribution in [0.5, 0.6) is 0 Å². The van der Waals surface area contributed by atoms with Crippen LogP contribution in [0.2, 0.25) is 0 Å². The van der Waals surface area contributed by atoms with E-state index in [2.05, 4.69) is 62.5 Å². The van der Waals surface area contributed by atoms with E-state index in [9.17, 15) is 14.3 Å². The molecule has 0 heterocycles. The zero-order chi connectivity index (χ0) is 39.1. The van der Waals surface area contributed by atoms with Crippen LogP contribution in [-0.2, 0) is 27.9 Å². The summed E-state index contributed by atoms with van der Waals surface area (Å²) < 4.78 is 34.9. The van der Waals surface area contributed by atoms with Crippen molar-refractivity contribution in [2.45, 2.75) is 174 Å². The fourth-order valence-corrected chi connectivity index (χ4v) is 6.34. The summed E-state index contributed by atoms with van der Waals surface area (Å²) in [7, 11) is 1.65. The molecule has 0 bridgehead atoms.